The molecule has 1 atom stereocenters. The van der Waals surface area contributed by atoms with E-state index in [-0.39, 0.29) is 6.92 Å². The summed E-state index contributed by atoms with van der Waals surface area (Å²) in [5.74, 6) is -17.6. The van der Waals surface area contributed by atoms with Crippen molar-refractivity contribution in [1.29, 1.82) is 0 Å². The molecule has 0 aliphatic heterocycles. The number of alkyl halides is 13. The molecule has 0 saturated carbocycles. The predicted molar refractivity (Wildman–Crippen MR) is 47.9 cm³/mol. The topological polar surface area (TPSA) is 18.5 Å². The van der Waals surface area contributed by atoms with Crippen LogP contribution in [0.2, 0.25) is 0 Å². The van der Waals surface area contributed by atoms with Gasteiger partial charge < -0.3 is 4.74 Å². The Labute approximate surface area is 132 Å². The zero-order chi connectivity index (χ0) is 21.6. The first-order valence-corrected chi connectivity index (χ1v) is 5.40. The van der Waals surface area contributed by atoms with Crippen LogP contribution in [0, 0.1) is 0 Å². The number of halogens is 15. The van der Waals surface area contributed by atoms with Crippen molar-refractivity contribution in [3.8, 4) is 0 Å². The van der Waals surface area contributed by atoms with Crippen molar-refractivity contribution in [2.45, 2.75) is 43.3 Å². The van der Waals surface area contributed by atoms with Crippen molar-refractivity contribution in [3.63, 3.8) is 0 Å². The highest BCUT2D eigenvalue weighted by Gasteiger charge is 2.84. The van der Waals surface area contributed by atoms with Crippen LogP contribution in [0.5, 0.6) is 0 Å². The minimum absolute atomic E-state index is 0.105. The molecule has 0 aliphatic rings. The fourth-order valence-corrected chi connectivity index (χ4v) is 0.937. The summed E-state index contributed by atoms with van der Waals surface area (Å²) in [5, 5.41) is 0. The SMILES string of the molecule is C/C(F)=C(/F)OC(F)(F)C(F)(OC(F)(F)C(F)(F)C(F)(F)F)C(F)(F)F. The lowest BCUT2D eigenvalue weighted by molar-refractivity contribution is -0.531. The van der Waals surface area contributed by atoms with Crippen molar-refractivity contribution in [1.82, 2.24) is 0 Å². The van der Waals surface area contributed by atoms with Gasteiger partial charge in [-0.25, -0.2) is 4.39 Å². The van der Waals surface area contributed by atoms with Crippen LogP contribution in [0.1, 0.15) is 6.92 Å². The third-order valence-electron chi connectivity index (χ3n) is 2.22. The fourth-order valence-electron chi connectivity index (χ4n) is 0.937. The third-order valence-corrected chi connectivity index (χ3v) is 2.22. The van der Waals surface area contributed by atoms with Crippen molar-refractivity contribution < 1.29 is 75.3 Å². The number of hydrogen-bond acceptors (Lipinski definition) is 2. The van der Waals surface area contributed by atoms with E-state index >= 15 is 0 Å². The van der Waals surface area contributed by atoms with Gasteiger partial charge in [-0.3, -0.25) is 4.74 Å². The third kappa shape index (κ3) is 4.22. The number of allylic oxidation sites excluding steroid dienone is 1. The lowest BCUT2D eigenvalue weighted by Crippen LogP contribution is -2.65. The number of hydrogen-bond donors (Lipinski definition) is 0. The molecule has 0 aromatic heterocycles. The van der Waals surface area contributed by atoms with E-state index in [0.717, 1.165) is 0 Å². The monoisotopic (exact) mass is 428 g/mol. The zero-order valence-corrected chi connectivity index (χ0v) is 11.5. The molecule has 0 spiro atoms. The van der Waals surface area contributed by atoms with E-state index in [2.05, 4.69) is 4.74 Å². The van der Waals surface area contributed by atoms with E-state index in [1.54, 1.807) is 0 Å². The van der Waals surface area contributed by atoms with Gasteiger partial charge in [0, 0.05) is 0 Å². The maximum absolute atomic E-state index is 13.4. The first-order valence-electron chi connectivity index (χ1n) is 5.40. The summed E-state index contributed by atoms with van der Waals surface area (Å²) >= 11 is 0. The van der Waals surface area contributed by atoms with E-state index < -0.39 is 48.2 Å². The summed E-state index contributed by atoms with van der Waals surface area (Å²) in [5.41, 5.74) is 0. The van der Waals surface area contributed by atoms with Gasteiger partial charge in [-0.2, -0.15) is 61.5 Å². The lowest BCUT2D eigenvalue weighted by atomic mass is 10.2. The summed E-state index contributed by atoms with van der Waals surface area (Å²) in [6.07, 6.45) is -29.5. The summed E-state index contributed by atoms with van der Waals surface area (Å²) < 4.78 is 190. The van der Waals surface area contributed by atoms with E-state index in [1.165, 1.54) is 4.74 Å². The molecular formula is C9H3F15O2. The summed E-state index contributed by atoms with van der Waals surface area (Å²) in [6, 6.07) is -3.34. The molecule has 0 rings (SSSR count). The van der Waals surface area contributed by atoms with Crippen LogP contribution in [0.4, 0.5) is 65.9 Å². The van der Waals surface area contributed by atoms with E-state index in [9.17, 15) is 65.9 Å². The Morgan fingerprint density at radius 3 is 1.27 bits per heavy atom. The molecule has 1 unspecified atom stereocenters. The van der Waals surface area contributed by atoms with E-state index in [0.29, 0.717) is 0 Å². The summed E-state index contributed by atoms with van der Waals surface area (Å²) in [6.45, 7) is -0.105. The maximum atomic E-state index is 13.4. The molecule has 17 heteroatoms. The molecule has 0 aromatic rings. The Kier molecular flexibility index (Phi) is 6.17. The van der Waals surface area contributed by atoms with E-state index in [1.807, 2.05) is 0 Å². The van der Waals surface area contributed by atoms with Crippen LogP contribution in [0.15, 0.2) is 11.8 Å². The Balaban J connectivity index is 6.27. The minimum Gasteiger partial charge on any atom is -0.400 e. The van der Waals surface area contributed by atoms with Crippen LogP contribution in [0.25, 0.3) is 0 Å². The quantitative estimate of drug-likeness (QED) is 0.396. The van der Waals surface area contributed by atoms with Gasteiger partial charge in [0.15, 0.2) is 5.83 Å². The molecule has 0 saturated heterocycles. The Hall–Kier alpha value is -1.55. The van der Waals surface area contributed by atoms with Gasteiger partial charge in [0.05, 0.1) is 0 Å². The smallest absolute Gasteiger partial charge is 0.400 e. The highest BCUT2D eigenvalue weighted by molar-refractivity contribution is 4.96. The highest BCUT2D eigenvalue weighted by atomic mass is 19.4. The molecule has 0 heterocycles. The van der Waals surface area contributed by atoms with Gasteiger partial charge >= 0.3 is 42.4 Å². The maximum Gasteiger partial charge on any atom is 0.471 e. The van der Waals surface area contributed by atoms with E-state index in [4.69, 9.17) is 0 Å². The zero-order valence-electron chi connectivity index (χ0n) is 11.5. The average molecular weight is 428 g/mol. The largest absolute Gasteiger partial charge is 0.471 e. The van der Waals surface area contributed by atoms with Crippen LogP contribution >= 0.6 is 0 Å². The molecule has 26 heavy (non-hydrogen) atoms. The molecular weight excluding hydrogens is 425 g/mol. The molecule has 0 bridgehead atoms. The van der Waals surface area contributed by atoms with Gasteiger partial charge in [0.25, 0.3) is 0 Å². The molecule has 156 valence electrons. The minimum atomic E-state index is -7.61. The number of ether oxygens (including phenoxy) is 2. The molecule has 0 aliphatic carbocycles. The molecule has 0 radical (unpaired) electrons. The van der Waals surface area contributed by atoms with Gasteiger partial charge in [-0.1, -0.05) is 0 Å². The van der Waals surface area contributed by atoms with Crippen LogP contribution in [-0.4, -0.2) is 36.3 Å². The van der Waals surface area contributed by atoms with Crippen LogP contribution in [0.3, 0.4) is 0 Å². The van der Waals surface area contributed by atoms with Crippen molar-refractivity contribution in [3.05, 3.63) is 11.8 Å². The molecule has 0 N–H and O–H groups in total. The second-order valence-electron chi connectivity index (χ2n) is 4.21. The first kappa shape index (κ1) is 24.5. The van der Waals surface area contributed by atoms with Gasteiger partial charge in [0.2, 0.25) is 0 Å². The van der Waals surface area contributed by atoms with Gasteiger partial charge in [0.1, 0.15) is 0 Å². The van der Waals surface area contributed by atoms with Crippen molar-refractivity contribution >= 4 is 0 Å². The fraction of sp³-hybridized carbons (Fsp3) is 0.778. The van der Waals surface area contributed by atoms with Crippen LogP contribution < -0.4 is 0 Å². The lowest BCUT2D eigenvalue weighted by Gasteiger charge is -2.37. The molecule has 2 nitrogen and oxygen atoms in total. The summed E-state index contributed by atoms with van der Waals surface area (Å²) in [4.78, 5) is 0. The molecule has 0 fully saturated rings. The highest BCUT2D eigenvalue weighted by Crippen LogP contribution is 2.55. The summed E-state index contributed by atoms with van der Waals surface area (Å²) in [7, 11) is 0. The average Bonchev–Trinajstić information content (AvgIpc) is 2.34. The second kappa shape index (κ2) is 6.56. The van der Waals surface area contributed by atoms with Gasteiger partial charge in [-0.05, 0) is 6.92 Å². The molecule has 0 amide bonds. The Morgan fingerprint density at radius 2 is 1.00 bits per heavy atom. The normalized spacial score (nSPS) is 18.3. The Bertz CT molecular complexity index is 540. The Morgan fingerprint density at radius 1 is 0.615 bits per heavy atom. The number of rotatable bonds is 6. The predicted octanol–water partition coefficient (Wildman–Crippen LogP) is 5.76. The van der Waals surface area contributed by atoms with Crippen molar-refractivity contribution in [2.24, 2.45) is 0 Å². The first-order chi connectivity index (χ1) is 11.0. The molecule has 0 aromatic carbocycles. The van der Waals surface area contributed by atoms with Crippen LogP contribution in [-0.2, 0) is 9.47 Å². The van der Waals surface area contributed by atoms with Crippen molar-refractivity contribution in [2.75, 3.05) is 0 Å². The second-order valence-corrected chi connectivity index (χ2v) is 4.21. The van der Waals surface area contributed by atoms with Gasteiger partial charge in [-0.15, -0.1) is 0 Å². The standard InChI is InChI=1S/C9H3F15O2/c1-2(10)3(11)25-9(23,24)5(14,7(18,19)20)26-8(21,22)4(12,13)6(15,16)17/h1H3/b3-2+.